The normalized spacial score (nSPS) is 18.3. The maximum absolute atomic E-state index is 8.95. The summed E-state index contributed by atoms with van der Waals surface area (Å²) in [5.41, 5.74) is -0.136. The van der Waals surface area contributed by atoms with E-state index in [9.17, 15) is 0 Å². The Hall–Kier alpha value is -0.550. The molecule has 1 aliphatic rings. The molecular weight excluding hydrogens is 208 g/mol. The zero-order chi connectivity index (χ0) is 12.7. The molecule has 0 heterocycles. The first-order valence-corrected chi connectivity index (χ1v) is 7.17. The minimum absolute atomic E-state index is 0.136. The zero-order valence-electron chi connectivity index (χ0n) is 11.8. The highest BCUT2D eigenvalue weighted by Crippen LogP contribution is 2.24. The van der Waals surface area contributed by atoms with Crippen LogP contribution in [0.3, 0.4) is 0 Å². The van der Waals surface area contributed by atoms with Crippen molar-refractivity contribution in [3.63, 3.8) is 0 Å². The van der Waals surface area contributed by atoms with Gasteiger partial charge in [-0.15, -0.1) is 0 Å². The van der Waals surface area contributed by atoms with Crippen LogP contribution < -0.4 is 0 Å². The minimum Gasteiger partial charge on any atom is -0.303 e. The third kappa shape index (κ3) is 5.55. The fourth-order valence-corrected chi connectivity index (χ4v) is 2.69. The lowest BCUT2D eigenvalue weighted by molar-refractivity contribution is 0.187. The molecule has 17 heavy (non-hydrogen) atoms. The van der Waals surface area contributed by atoms with Gasteiger partial charge in [0.05, 0.1) is 11.5 Å². The van der Waals surface area contributed by atoms with E-state index in [2.05, 4.69) is 18.0 Å². The van der Waals surface area contributed by atoms with Crippen LogP contribution in [-0.4, -0.2) is 24.5 Å². The van der Waals surface area contributed by atoms with Crippen LogP contribution in [-0.2, 0) is 0 Å². The van der Waals surface area contributed by atoms with Crippen LogP contribution in [0.5, 0.6) is 0 Å². The van der Waals surface area contributed by atoms with Gasteiger partial charge in [-0.3, -0.25) is 0 Å². The fraction of sp³-hybridized carbons (Fsp3) is 0.933. The largest absolute Gasteiger partial charge is 0.303 e. The van der Waals surface area contributed by atoms with Gasteiger partial charge in [-0.2, -0.15) is 5.26 Å². The summed E-state index contributed by atoms with van der Waals surface area (Å²) in [7, 11) is 2.27. The lowest BCUT2D eigenvalue weighted by atomic mass is 9.89. The molecule has 0 radical (unpaired) electrons. The van der Waals surface area contributed by atoms with Crippen molar-refractivity contribution in [2.75, 3.05) is 13.6 Å². The maximum Gasteiger partial charge on any atom is 0.0683 e. The summed E-state index contributed by atoms with van der Waals surface area (Å²) in [5, 5.41) is 8.95. The maximum atomic E-state index is 8.95. The number of nitrogens with zero attached hydrogens (tertiary/aromatic N) is 2. The van der Waals surface area contributed by atoms with Crippen molar-refractivity contribution in [3.05, 3.63) is 0 Å². The second-order valence-corrected chi connectivity index (χ2v) is 6.23. The van der Waals surface area contributed by atoms with Crippen molar-refractivity contribution in [3.8, 4) is 6.07 Å². The van der Waals surface area contributed by atoms with Gasteiger partial charge in [-0.1, -0.05) is 25.7 Å². The monoisotopic (exact) mass is 236 g/mol. The summed E-state index contributed by atoms with van der Waals surface area (Å²) >= 11 is 0. The lowest BCUT2D eigenvalue weighted by Crippen LogP contribution is -2.34. The molecule has 1 rings (SSSR count). The molecule has 0 N–H and O–H groups in total. The Bertz CT molecular complexity index is 246. The van der Waals surface area contributed by atoms with E-state index in [1.54, 1.807) is 0 Å². The quantitative estimate of drug-likeness (QED) is 0.652. The van der Waals surface area contributed by atoms with Crippen LogP contribution in [0.25, 0.3) is 0 Å². The van der Waals surface area contributed by atoms with Crippen LogP contribution in [0.2, 0.25) is 0 Å². The molecule has 1 aliphatic carbocycles. The second-order valence-electron chi connectivity index (χ2n) is 6.23. The van der Waals surface area contributed by atoms with Gasteiger partial charge < -0.3 is 4.90 Å². The van der Waals surface area contributed by atoms with Gasteiger partial charge in [0, 0.05) is 6.04 Å². The minimum atomic E-state index is -0.136. The van der Waals surface area contributed by atoms with E-state index in [1.807, 2.05) is 13.8 Å². The molecule has 0 bridgehead atoms. The molecule has 98 valence electrons. The highest BCUT2D eigenvalue weighted by molar-refractivity contribution is 4.91. The van der Waals surface area contributed by atoms with Crippen LogP contribution in [0.15, 0.2) is 0 Å². The SMILES string of the molecule is CN(CCCCC(C)(C)C#N)C1CCCCC1. The van der Waals surface area contributed by atoms with Crippen molar-refractivity contribution in [2.45, 2.75) is 71.3 Å². The van der Waals surface area contributed by atoms with Gasteiger partial charge in [-0.25, -0.2) is 0 Å². The van der Waals surface area contributed by atoms with Crippen LogP contribution in [0.4, 0.5) is 0 Å². The molecule has 2 heteroatoms. The molecule has 0 spiro atoms. The molecule has 0 aromatic rings. The lowest BCUT2D eigenvalue weighted by Gasteiger charge is -2.31. The Labute approximate surface area is 107 Å². The molecular formula is C15H28N2. The fourth-order valence-electron chi connectivity index (χ4n) is 2.69. The molecule has 0 saturated heterocycles. The molecule has 1 saturated carbocycles. The van der Waals surface area contributed by atoms with E-state index in [0.717, 1.165) is 12.5 Å². The van der Waals surface area contributed by atoms with Gasteiger partial charge in [0.1, 0.15) is 0 Å². The van der Waals surface area contributed by atoms with Gasteiger partial charge in [-0.05, 0) is 53.1 Å². The average Bonchev–Trinajstić information content (AvgIpc) is 2.35. The summed E-state index contributed by atoms with van der Waals surface area (Å²) < 4.78 is 0. The predicted octanol–water partition coefficient (Wildman–Crippen LogP) is 3.97. The van der Waals surface area contributed by atoms with E-state index in [4.69, 9.17) is 5.26 Å². The Kier molecular flexibility index (Phi) is 5.98. The third-order valence-electron chi connectivity index (χ3n) is 4.06. The molecule has 2 nitrogen and oxygen atoms in total. The van der Waals surface area contributed by atoms with E-state index in [0.29, 0.717) is 0 Å². The molecule has 0 amide bonds. The van der Waals surface area contributed by atoms with Crippen molar-refractivity contribution < 1.29 is 0 Å². The van der Waals surface area contributed by atoms with E-state index < -0.39 is 0 Å². The Morgan fingerprint density at radius 2 is 1.82 bits per heavy atom. The number of unbranched alkanes of at least 4 members (excludes halogenated alkanes) is 1. The molecule has 0 aromatic heterocycles. The number of nitriles is 1. The Balaban J connectivity index is 2.11. The highest BCUT2D eigenvalue weighted by atomic mass is 15.1. The zero-order valence-corrected chi connectivity index (χ0v) is 11.8. The Morgan fingerprint density at radius 3 is 2.41 bits per heavy atom. The molecule has 0 aliphatic heterocycles. The van der Waals surface area contributed by atoms with Crippen molar-refractivity contribution in [1.29, 1.82) is 5.26 Å². The second kappa shape index (κ2) is 7.01. The van der Waals surface area contributed by atoms with Gasteiger partial charge >= 0.3 is 0 Å². The summed E-state index contributed by atoms with van der Waals surface area (Å²) in [4.78, 5) is 2.54. The summed E-state index contributed by atoms with van der Waals surface area (Å²) in [5.74, 6) is 0. The van der Waals surface area contributed by atoms with Gasteiger partial charge in [0.25, 0.3) is 0 Å². The first-order valence-electron chi connectivity index (χ1n) is 7.17. The molecule has 1 fully saturated rings. The van der Waals surface area contributed by atoms with Crippen LogP contribution >= 0.6 is 0 Å². The number of hydrogen-bond donors (Lipinski definition) is 0. The molecule has 0 aromatic carbocycles. The summed E-state index contributed by atoms with van der Waals surface area (Å²) in [6.07, 6.45) is 10.5. The van der Waals surface area contributed by atoms with Gasteiger partial charge in [0.15, 0.2) is 0 Å². The third-order valence-corrected chi connectivity index (χ3v) is 4.06. The molecule has 0 unspecified atom stereocenters. The van der Waals surface area contributed by atoms with Crippen molar-refractivity contribution in [1.82, 2.24) is 4.90 Å². The first-order chi connectivity index (χ1) is 8.05. The first kappa shape index (κ1) is 14.5. The predicted molar refractivity (Wildman–Crippen MR) is 72.7 cm³/mol. The Morgan fingerprint density at radius 1 is 1.18 bits per heavy atom. The standard InChI is InChI=1S/C15H28N2/c1-15(2,13-16)11-7-8-12-17(3)14-9-5-4-6-10-14/h14H,4-12H2,1-3H3. The topological polar surface area (TPSA) is 27.0 Å². The van der Waals surface area contributed by atoms with Crippen molar-refractivity contribution >= 4 is 0 Å². The molecule has 0 atom stereocenters. The van der Waals surface area contributed by atoms with Gasteiger partial charge in [0.2, 0.25) is 0 Å². The summed E-state index contributed by atoms with van der Waals surface area (Å²) in [6.45, 7) is 5.28. The van der Waals surface area contributed by atoms with Crippen LogP contribution in [0, 0.1) is 16.7 Å². The van der Waals surface area contributed by atoms with E-state index in [-0.39, 0.29) is 5.41 Å². The van der Waals surface area contributed by atoms with Crippen molar-refractivity contribution in [2.24, 2.45) is 5.41 Å². The number of rotatable bonds is 6. The van der Waals surface area contributed by atoms with Crippen LogP contribution in [0.1, 0.15) is 65.2 Å². The summed E-state index contributed by atoms with van der Waals surface area (Å²) in [6, 6.07) is 3.21. The van der Waals surface area contributed by atoms with E-state index >= 15 is 0 Å². The average molecular weight is 236 g/mol. The number of hydrogen-bond acceptors (Lipinski definition) is 2. The van der Waals surface area contributed by atoms with E-state index in [1.165, 1.54) is 51.5 Å². The smallest absolute Gasteiger partial charge is 0.0683 e. The highest BCUT2D eigenvalue weighted by Gasteiger charge is 2.18.